The molecule has 0 radical (unpaired) electrons. The van der Waals surface area contributed by atoms with Crippen molar-refractivity contribution in [1.82, 2.24) is 15.8 Å². The second-order valence-corrected chi connectivity index (χ2v) is 3.93. The number of hydrazine groups is 1. The first kappa shape index (κ1) is 9.83. The second-order valence-electron chi connectivity index (χ2n) is 3.93. The Labute approximate surface area is 97.3 Å². The van der Waals surface area contributed by atoms with Gasteiger partial charge in [-0.3, -0.25) is 20.3 Å². The van der Waals surface area contributed by atoms with E-state index in [0.717, 1.165) is 0 Å². The normalized spacial score (nSPS) is 22.1. The van der Waals surface area contributed by atoms with Gasteiger partial charge in [0.1, 0.15) is 6.04 Å². The predicted octanol–water partition coefficient (Wildman–Crippen LogP) is 0.153. The molecular weight excluding hydrogens is 220 g/mol. The van der Waals surface area contributed by atoms with Gasteiger partial charge in [-0.2, -0.15) is 0 Å². The Balaban J connectivity index is 2.13. The molecule has 6 nitrogen and oxygen atoms in total. The van der Waals surface area contributed by atoms with Crippen molar-refractivity contribution >= 4 is 23.5 Å². The quantitative estimate of drug-likeness (QED) is 0.666. The van der Waals surface area contributed by atoms with Gasteiger partial charge < -0.3 is 0 Å². The molecule has 6 heteroatoms. The van der Waals surface area contributed by atoms with E-state index in [4.69, 9.17) is 0 Å². The summed E-state index contributed by atoms with van der Waals surface area (Å²) in [5, 5.41) is 4.08. The van der Waals surface area contributed by atoms with Crippen LogP contribution in [0.1, 0.15) is 17.3 Å². The number of rotatable bonds is 0. The highest BCUT2D eigenvalue weighted by Crippen LogP contribution is 2.23. The maximum Gasteiger partial charge on any atom is 0.272 e. The molecule has 1 saturated heterocycles. The molecular formula is C11H10N4O2. The summed E-state index contributed by atoms with van der Waals surface area (Å²) in [6, 6.07) is 6.56. The fourth-order valence-corrected chi connectivity index (χ4v) is 1.85. The van der Waals surface area contributed by atoms with Crippen molar-refractivity contribution in [2.24, 2.45) is 4.99 Å². The summed E-state index contributed by atoms with van der Waals surface area (Å²) in [4.78, 5) is 27.7. The van der Waals surface area contributed by atoms with Crippen molar-refractivity contribution in [1.29, 1.82) is 0 Å². The molecule has 1 fully saturated rings. The smallest absolute Gasteiger partial charge is 0.272 e. The van der Waals surface area contributed by atoms with Crippen LogP contribution < -0.4 is 10.7 Å². The fourth-order valence-electron chi connectivity index (χ4n) is 1.85. The van der Waals surface area contributed by atoms with E-state index in [1.165, 1.54) is 5.01 Å². The molecule has 0 saturated carbocycles. The minimum atomic E-state index is -0.452. The molecule has 2 heterocycles. The number of nitrogens with one attached hydrogen (secondary N) is 2. The van der Waals surface area contributed by atoms with Crippen molar-refractivity contribution in [2.45, 2.75) is 13.0 Å². The molecule has 2 aliphatic heterocycles. The lowest BCUT2D eigenvalue weighted by Crippen LogP contribution is -2.47. The van der Waals surface area contributed by atoms with Crippen LogP contribution >= 0.6 is 0 Å². The molecule has 1 aromatic carbocycles. The number of amides is 2. The number of aliphatic imine (C=N–C) groups is 1. The van der Waals surface area contributed by atoms with Crippen LogP contribution in [0.3, 0.4) is 0 Å². The number of hydrogen-bond acceptors (Lipinski definition) is 4. The summed E-state index contributed by atoms with van der Waals surface area (Å²) in [6.07, 6.45) is 0. The third-order valence-electron chi connectivity index (χ3n) is 2.83. The van der Waals surface area contributed by atoms with Gasteiger partial charge in [0.05, 0.1) is 11.3 Å². The molecule has 1 unspecified atom stereocenters. The van der Waals surface area contributed by atoms with Gasteiger partial charge in [0.15, 0.2) is 0 Å². The Morgan fingerprint density at radius 2 is 2.06 bits per heavy atom. The van der Waals surface area contributed by atoms with E-state index >= 15 is 0 Å². The van der Waals surface area contributed by atoms with Gasteiger partial charge >= 0.3 is 0 Å². The van der Waals surface area contributed by atoms with Gasteiger partial charge in [-0.05, 0) is 19.1 Å². The van der Waals surface area contributed by atoms with E-state index in [9.17, 15) is 9.59 Å². The van der Waals surface area contributed by atoms with Crippen molar-refractivity contribution in [2.75, 3.05) is 0 Å². The maximum absolute atomic E-state index is 11.9. The van der Waals surface area contributed by atoms with Crippen LogP contribution in [0.2, 0.25) is 0 Å². The molecule has 86 valence electrons. The standard InChI is InChI=1S/C11H10N4O2/c1-6-9(16)13-11-12-8-5-3-2-4-7(8)10(17)14-15(6)11/h2-6H,1H3,(H,14,17)(H,12,13,16). The average molecular weight is 230 g/mol. The Kier molecular flexibility index (Phi) is 1.91. The van der Waals surface area contributed by atoms with Gasteiger partial charge in [0.25, 0.3) is 11.8 Å². The largest absolute Gasteiger partial charge is 0.293 e. The average Bonchev–Trinajstić information content (AvgIpc) is 2.50. The van der Waals surface area contributed by atoms with Crippen LogP contribution in [0.4, 0.5) is 5.69 Å². The van der Waals surface area contributed by atoms with Crippen LogP contribution in [-0.2, 0) is 4.79 Å². The molecule has 0 aromatic heterocycles. The van der Waals surface area contributed by atoms with Gasteiger partial charge in [0, 0.05) is 0 Å². The fraction of sp³-hybridized carbons (Fsp3) is 0.182. The number of carbonyl (C=O) groups is 2. The zero-order valence-corrected chi connectivity index (χ0v) is 9.10. The monoisotopic (exact) mass is 230 g/mol. The number of carbonyl (C=O) groups excluding carboxylic acids is 2. The number of fused-ring (bicyclic) bond motifs is 2. The molecule has 1 atom stereocenters. The number of para-hydroxylation sites is 1. The predicted molar refractivity (Wildman–Crippen MR) is 60.4 cm³/mol. The number of hydrogen-bond donors (Lipinski definition) is 2. The molecule has 0 spiro atoms. The van der Waals surface area contributed by atoms with Crippen LogP contribution in [0, 0.1) is 0 Å². The van der Waals surface area contributed by atoms with Crippen LogP contribution in [-0.4, -0.2) is 28.8 Å². The van der Waals surface area contributed by atoms with E-state index < -0.39 is 6.04 Å². The topological polar surface area (TPSA) is 73.8 Å². The van der Waals surface area contributed by atoms with Crippen molar-refractivity contribution in [3.05, 3.63) is 29.8 Å². The summed E-state index contributed by atoms with van der Waals surface area (Å²) >= 11 is 0. The lowest BCUT2D eigenvalue weighted by Gasteiger charge is -2.19. The molecule has 0 bridgehead atoms. The first-order valence-corrected chi connectivity index (χ1v) is 5.25. The highest BCUT2D eigenvalue weighted by molar-refractivity contribution is 6.11. The number of benzene rings is 1. The maximum atomic E-state index is 11.9. The summed E-state index contributed by atoms with van der Waals surface area (Å²) in [7, 11) is 0. The highest BCUT2D eigenvalue weighted by atomic mass is 16.2. The molecule has 17 heavy (non-hydrogen) atoms. The Hall–Kier alpha value is -2.37. The van der Waals surface area contributed by atoms with Crippen LogP contribution in [0.15, 0.2) is 29.3 Å². The van der Waals surface area contributed by atoms with Gasteiger partial charge in [-0.15, -0.1) is 0 Å². The minimum Gasteiger partial charge on any atom is -0.293 e. The molecule has 2 N–H and O–H groups in total. The highest BCUT2D eigenvalue weighted by Gasteiger charge is 2.36. The Morgan fingerprint density at radius 1 is 1.29 bits per heavy atom. The SMILES string of the molecule is CC1C(=O)NC2=Nc3ccccc3C(=O)NN21. The van der Waals surface area contributed by atoms with Crippen molar-refractivity contribution in [3.8, 4) is 0 Å². The third kappa shape index (κ3) is 1.37. The van der Waals surface area contributed by atoms with E-state index in [-0.39, 0.29) is 11.8 Å². The van der Waals surface area contributed by atoms with Crippen molar-refractivity contribution < 1.29 is 9.59 Å². The van der Waals surface area contributed by atoms with E-state index in [1.807, 2.05) is 0 Å². The summed E-state index contributed by atoms with van der Waals surface area (Å²) in [6.45, 7) is 1.70. The van der Waals surface area contributed by atoms with Crippen LogP contribution in [0.5, 0.6) is 0 Å². The number of nitrogens with zero attached hydrogens (tertiary/aromatic N) is 2. The summed E-state index contributed by atoms with van der Waals surface area (Å²) in [5.74, 6) is -0.0769. The van der Waals surface area contributed by atoms with E-state index in [0.29, 0.717) is 17.2 Å². The number of guanidine groups is 1. The van der Waals surface area contributed by atoms with E-state index in [2.05, 4.69) is 15.7 Å². The first-order valence-electron chi connectivity index (χ1n) is 5.25. The van der Waals surface area contributed by atoms with Gasteiger partial charge in [-0.1, -0.05) is 12.1 Å². The molecule has 1 aromatic rings. The Morgan fingerprint density at radius 3 is 2.88 bits per heavy atom. The Bertz CT molecular complexity index is 552. The minimum absolute atomic E-state index is 0.177. The van der Waals surface area contributed by atoms with Gasteiger partial charge in [0.2, 0.25) is 5.96 Å². The lowest BCUT2D eigenvalue weighted by molar-refractivity contribution is -0.121. The third-order valence-corrected chi connectivity index (χ3v) is 2.83. The zero-order chi connectivity index (χ0) is 12.0. The molecule has 2 amide bonds. The molecule has 3 rings (SSSR count). The second kappa shape index (κ2) is 3.31. The molecule has 0 aliphatic carbocycles. The lowest BCUT2D eigenvalue weighted by atomic mass is 10.2. The first-order chi connectivity index (χ1) is 8.16. The summed E-state index contributed by atoms with van der Waals surface area (Å²) < 4.78 is 0. The van der Waals surface area contributed by atoms with Crippen LogP contribution in [0.25, 0.3) is 0 Å². The zero-order valence-electron chi connectivity index (χ0n) is 9.10. The van der Waals surface area contributed by atoms with Crippen molar-refractivity contribution in [3.63, 3.8) is 0 Å². The summed E-state index contributed by atoms with van der Waals surface area (Å²) in [5.41, 5.74) is 3.71. The van der Waals surface area contributed by atoms with Gasteiger partial charge in [-0.25, -0.2) is 10.0 Å². The van der Waals surface area contributed by atoms with E-state index in [1.54, 1.807) is 31.2 Å². The molecule has 2 aliphatic rings.